The van der Waals surface area contributed by atoms with Gasteiger partial charge in [-0.3, -0.25) is 0 Å². The zero-order valence-corrected chi connectivity index (χ0v) is 9.35. The van der Waals surface area contributed by atoms with Gasteiger partial charge in [0.2, 0.25) is 0 Å². The highest BCUT2D eigenvalue weighted by molar-refractivity contribution is 5.53. The molecular weight excluding hydrogens is 202 g/mol. The number of hydrogen-bond acceptors (Lipinski definition) is 5. The van der Waals surface area contributed by atoms with Crippen molar-refractivity contribution in [1.82, 2.24) is 15.5 Å². The molecule has 2 heterocycles. The number of rotatable bonds is 4. The number of anilines is 1. The molecule has 1 fully saturated rings. The van der Waals surface area contributed by atoms with Gasteiger partial charge in [0.15, 0.2) is 5.82 Å². The lowest BCUT2D eigenvalue weighted by Gasteiger charge is -2.38. The molecule has 0 amide bonds. The lowest BCUT2D eigenvalue weighted by Crippen LogP contribution is -2.58. The summed E-state index contributed by atoms with van der Waals surface area (Å²) in [6.07, 6.45) is 2.60. The van der Waals surface area contributed by atoms with Gasteiger partial charge in [-0.05, 0) is 12.5 Å². The Hall–Kier alpha value is -1.67. The topological polar surface area (TPSA) is 64.8 Å². The zero-order chi connectivity index (χ0) is 11.4. The van der Waals surface area contributed by atoms with E-state index in [-0.39, 0.29) is 0 Å². The van der Waals surface area contributed by atoms with Crippen LogP contribution in [0.4, 0.5) is 5.82 Å². The van der Waals surface area contributed by atoms with E-state index in [9.17, 15) is 0 Å². The van der Waals surface area contributed by atoms with Crippen LogP contribution in [0.15, 0.2) is 12.3 Å². The van der Waals surface area contributed by atoms with Crippen molar-refractivity contribution in [2.24, 2.45) is 0 Å². The summed E-state index contributed by atoms with van der Waals surface area (Å²) < 4.78 is 0. The molecule has 1 N–H and O–H groups in total. The lowest BCUT2D eigenvalue weighted by molar-refractivity contribution is 0.409. The molecule has 0 bridgehead atoms. The van der Waals surface area contributed by atoms with Gasteiger partial charge in [-0.2, -0.15) is 10.4 Å². The van der Waals surface area contributed by atoms with Gasteiger partial charge in [0.05, 0.1) is 17.8 Å². The maximum absolute atomic E-state index is 9.05. The number of nitrogens with one attached hydrogen (secondary N) is 1. The lowest BCUT2D eigenvalue weighted by atomic mass is 10.1. The van der Waals surface area contributed by atoms with Crippen LogP contribution in [0.1, 0.15) is 18.9 Å². The molecule has 2 rings (SSSR count). The van der Waals surface area contributed by atoms with Crippen molar-refractivity contribution in [2.45, 2.75) is 19.4 Å². The third-order valence-corrected chi connectivity index (χ3v) is 2.76. The summed E-state index contributed by atoms with van der Waals surface area (Å²) in [5.74, 6) is 0.721. The largest absolute Gasteiger partial charge is 0.348 e. The Morgan fingerprint density at radius 2 is 2.44 bits per heavy atom. The third-order valence-electron chi connectivity index (χ3n) is 2.76. The highest BCUT2D eigenvalue weighted by Gasteiger charge is 2.26. The van der Waals surface area contributed by atoms with E-state index in [1.54, 1.807) is 12.3 Å². The summed E-state index contributed by atoms with van der Waals surface area (Å²) in [5, 5.41) is 20.3. The van der Waals surface area contributed by atoms with Crippen LogP contribution in [0.3, 0.4) is 0 Å². The van der Waals surface area contributed by atoms with Gasteiger partial charge in [0.25, 0.3) is 0 Å². The Morgan fingerprint density at radius 3 is 3.00 bits per heavy atom. The zero-order valence-electron chi connectivity index (χ0n) is 9.35. The van der Waals surface area contributed by atoms with Crippen LogP contribution >= 0.6 is 0 Å². The predicted octanol–water partition coefficient (Wildman–Crippen LogP) is 0.536. The van der Waals surface area contributed by atoms with Crippen LogP contribution in [0.5, 0.6) is 0 Å². The van der Waals surface area contributed by atoms with Crippen LogP contribution in [-0.4, -0.2) is 35.9 Å². The van der Waals surface area contributed by atoms with Gasteiger partial charge in [-0.1, -0.05) is 6.92 Å². The summed E-state index contributed by atoms with van der Waals surface area (Å²) in [5.41, 5.74) is 0.607. The quantitative estimate of drug-likeness (QED) is 0.797. The normalized spacial score (nSPS) is 15.2. The van der Waals surface area contributed by atoms with Crippen LogP contribution in [0.25, 0.3) is 0 Å². The molecule has 0 saturated carbocycles. The van der Waals surface area contributed by atoms with E-state index in [2.05, 4.69) is 33.4 Å². The first-order valence-electron chi connectivity index (χ1n) is 5.56. The Morgan fingerprint density at radius 1 is 1.62 bits per heavy atom. The average molecular weight is 217 g/mol. The second-order valence-electron chi connectivity index (χ2n) is 3.89. The Kier molecular flexibility index (Phi) is 3.32. The minimum atomic E-state index is 0.448. The maximum Gasteiger partial charge on any atom is 0.169 e. The van der Waals surface area contributed by atoms with Crippen molar-refractivity contribution in [3.05, 3.63) is 17.8 Å². The van der Waals surface area contributed by atoms with Crippen molar-refractivity contribution in [1.29, 1.82) is 5.26 Å². The van der Waals surface area contributed by atoms with Gasteiger partial charge in [0.1, 0.15) is 6.07 Å². The smallest absolute Gasteiger partial charge is 0.169 e. The fraction of sp³-hybridized carbons (Fsp3) is 0.545. The molecule has 5 nitrogen and oxygen atoms in total. The summed E-state index contributed by atoms with van der Waals surface area (Å²) in [7, 11) is 0. The maximum atomic E-state index is 9.05. The van der Waals surface area contributed by atoms with E-state index >= 15 is 0 Å². The standard InChI is InChI=1S/C11H15N5/c1-2-5-16(10-7-13-8-10)11-9(6-12)3-4-14-15-11/h3-4,10,13H,2,5,7-8H2,1H3. The van der Waals surface area contributed by atoms with Crippen molar-refractivity contribution in [3.63, 3.8) is 0 Å². The minimum Gasteiger partial charge on any atom is -0.348 e. The van der Waals surface area contributed by atoms with Crippen molar-refractivity contribution in [2.75, 3.05) is 24.5 Å². The van der Waals surface area contributed by atoms with Gasteiger partial charge in [0, 0.05) is 19.6 Å². The fourth-order valence-corrected chi connectivity index (χ4v) is 1.82. The van der Waals surface area contributed by atoms with E-state index in [0.29, 0.717) is 11.6 Å². The molecule has 1 saturated heterocycles. The van der Waals surface area contributed by atoms with Gasteiger partial charge in [-0.25, -0.2) is 0 Å². The van der Waals surface area contributed by atoms with Crippen LogP contribution in [0, 0.1) is 11.3 Å². The molecule has 1 aliphatic heterocycles. The Labute approximate surface area is 95.1 Å². The summed E-state index contributed by atoms with van der Waals surface area (Å²) >= 11 is 0. The van der Waals surface area contributed by atoms with E-state index in [0.717, 1.165) is 31.9 Å². The highest BCUT2D eigenvalue weighted by atomic mass is 15.3. The number of nitrogens with zero attached hydrogens (tertiary/aromatic N) is 4. The van der Waals surface area contributed by atoms with Gasteiger partial charge >= 0.3 is 0 Å². The summed E-state index contributed by atoms with van der Waals surface area (Å²) in [6, 6.07) is 4.34. The molecule has 0 atom stereocenters. The molecule has 1 aliphatic rings. The number of hydrogen-bond donors (Lipinski definition) is 1. The molecular formula is C11H15N5. The van der Waals surface area contributed by atoms with E-state index in [4.69, 9.17) is 5.26 Å². The van der Waals surface area contributed by atoms with Crippen molar-refractivity contribution in [3.8, 4) is 6.07 Å². The Balaban J connectivity index is 2.27. The predicted molar refractivity (Wildman–Crippen MR) is 61.0 cm³/mol. The molecule has 16 heavy (non-hydrogen) atoms. The van der Waals surface area contributed by atoms with E-state index in [1.165, 1.54) is 0 Å². The molecule has 5 heteroatoms. The highest BCUT2D eigenvalue weighted by Crippen LogP contribution is 2.19. The fourth-order valence-electron chi connectivity index (χ4n) is 1.82. The summed E-state index contributed by atoms with van der Waals surface area (Å²) in [6.45, 7) is 4.96. The molecule has 0 unspecified atom stereocenters. The third kappa shape index (κ3) is 1.97. The van der Waals surface area contributed by atoms with Crippen LogP contribution in [0.2, 0.25) is 0 Å². The number of nitriles is 1. The first-order chi connectivity index (χ1) is 7.86. The molecule has 0 spiro atoms. The second-order valence-corrected chi connectivity index (χ2v) is 3.89. The molecule has 84 valence electrons. The first-order valence-corrected chi connectivity index (χ1v) is 5.56. The molecule has 0 aromatic carbocycles. The van der Waals surface area contributed by atoms with Crippen molar-refractivity contribution < 1.29 is 0 Å². The van der Waals surface area contributed by atoms with E-state index < -0.39 is 0 Å². The molecule has 1 aromatic heterocycles. The van der Waals surface area contributed by atoms with Gasteiger partial charge < -0.3 is 10.2 Å². The summed E-state index contributed by atoms with van der Waals surface area (Å²) in [4.78, 5) is 2.18. The number of aromatic nitrogens is 2. The Bertz CT molecular complexity index is 394. The van der Waals surface area contributed by atoms with Gasteiger partial charge in [-0.15, -0.1) is 5.10 Å². The SMILES string of the molecule is CCCN(c1nnccc1C#N)C1CNC1. The van der Waals surface area contributed by atoms with Crippen LogP contribution < -0.4 is 10.2 Å². The molecule has 0 radical (unpaired) electrons. The van der Waals surface area contributed by atoms with Crippen molar-refractivity contribution >= 4 is 5.82 Å². The first kappa shape index (κ1) is 10.8. The molecule has 0 aliphatic carbocycles. The second kappa shape index (κ2) is 4.90. The van der Waals surface area contributed by atoms with E-state index in [1.807, 2.05) is 0 Å². The monoisotopic (exact) mass is 217 g/mol. The molecule has 1 aromatic rings. The van der Waals surface area contributed by atoms with Crippen LogP contribution in [-0.2, 0) is 0 Å². The minimum absolute atomic E-state index is 0.448. The average Bonchev–Trinajstić information content (AvgIpc) is 2.26.